The highest BCUT2D eigenvalue weighted by Gasteiger charge is 2.33. The molecule has 0 aliphatic heterocycles. The minimum absolute atomic E-state index is 0.192. The highest BCUT2D eigenvalue weighted by Crippen LogP contribution is 2.22. The van der Waals surface area contributed by atoms with E-state index in [1.165, 1.54) is 0 Å². The van der Waals surface area contributed by atoms with Crippen LogP contribution in [0.1, 0.15) is 18.9 Å². The Morgan fingerprint density at radius 2 is 2.11 bits per heavy atom. The number of hydrogen-bond acceptors (Lipinski definition) is 6. The zero-order valence-corrected chi connectivity index (χ0v) is 10.0. The van der Waals surface area contributed by atoms with Crippen molar-refractivity contribution in [2.75, 3.05) is 31.6 Å². The van der Waals surface area contributed by atoms with Crippen LogP contribution in [0.4, 0.5) is 19.2 Å². The maximum atomic E-state index is 12.3. The van der Waals surface area contributed by atoms with Gasteiger partial charge in [-0.1, -0.05) is 5.10 Å². The van der Waals surface area contributed by atoms with Gasteiger partial charge in [0.2, 0.25) is 5.89 Å². The number of aliphatic hydroxyl groups is 1. The molecule has 1 unspecified atom stereocenters. The third-order valence-electron chi connectivity index (χ3n) is 2.24. The molecule has 9 heteroatoms. The molecular formula is C9H15F3N4O2. The van der Waals surface area contributed by atoms with Gasteiger partial charge in [0.25, 0.3) is 0 Å². The SMILES string of the molecule is CNC(C)c1nnc(N(CCO)CC(F)(F)F)o1. The fourth-order valence-electron chi connectivity index (χ4n) is 1.23. The number of alkyl halides is 3. The van der Waals surface area contributed by atoms with Gasteiger partial charge >= 0.3 is 12.2 Å². The summed E-state index contributed by atoms with van der Waals surface area (Å²) in [6.07, 6.45) is -4.40. The molecule has 1 aromatic heterocycles. The van der Waals surface area contributed by atoms with E-state index in [0.29, 0.717) is 0 Å². The third-order valence-corrected chi connectivity index (χ3v) is 2.24. The molecule has 1 aromatic rings. The Balaban J connectivity index is 2.82. The number of aromatic nitrogens is 2. The summed E-state index contributed by atoms with van der Waals surface area (Å²) in [5.74, 6) is 0.192. The average molecular weight is 268 g/mol. The number of rotatable bonds is 6. The Bertz CT molecular complexity index is 369. The van der Waals surface area contributed by atoms with Gasteiger partial charge in [-0.25, -0.2) is 0 Å². The molecule has 104 valence electrons. The van der Waals surface area contributed by atoms with E-state index in [4.69, 9.17) is 9.52 Å². The topological polar surface area (TPSA) is 74.4 Å². The van der Waals surface area contributed by atoms with Crippen LogP contribution in [-0.4, -0.2) is 48.2 Å². The van der Waals surface area contributed by atoms with Crippen molar-refractivity contribution in [2.24, 2.45) is 0 Å². The first-order chi connectivity index (χ1) is 8.37. The predicted octanol–water partition coefficient (Wildman–Crippen LogP) is 0.711. The van der Waals surface area contributed by atoms with E-state index in [0.717, 1.165) is 4.90 Å². The Kier molecular flexibility index (Phi) is 4.91. The molecule has 1 rings (SSSR count). The zero-order valence-electron chi connectivity index (χ0n) is 10.0. The Labute approximate surface area is 102 Å². The van der Waals surface area contributed by atoms with Gasteiger partial charge in [0.1, 0.15) is 6.54 Å². The van der Waals surface area contributed by atoms with Crippen LogP contribution in [0.15, 0.2) is 4.42 Å². The molecule has 0 saturated heterocycles. The number of nitrogens with one attached hydrogen (secondary N) is 1. The standard InChI is InChI=1S/C9H15F3N4O2/c1-6(13-2)7-14-15-8(18-7)16(3-4-17)5-9(10,11)12/h6,13,17H,3-5H2,1-2H3. The summed E-state index contributed by atoms with van der Waals surface area (Å²) >= 11 is 0. The number of halogens is 3. The van der Waals surface area contributed by atoms with Crippen molar-refractivity contribution in [1.82, 2.24) is 15.5 Å². The van der Waals surface area contributed by atoms with Crippen LogP contribution in [-0.2, 0) is 0 Å². The van der Waals surface area contributed by atoms with E-state index in [-0.39, 0.29) is 24.5 Å². The van der Waals surface area contributed by atoms with Gasteiger partial charge in [-0.3, -0.25) is 0 Å². The second-order valence-corrected chi connectivity index (χ2v) is 3.69. The van der Waals surface area contributed by atoms with Crippen LogP contribution in [0.25, 0.3) is 0 Å². The lowest BCUT2D eigenvalue weighted by Crippen LogP contribution is -2.36. The molecule has 0 aliphatic carbocycles. The zero-order chi connectivity index (χ0) is 13.8. The summed E-state index contributed by atoms with van der Waals surface area (Å²) in [7, 11) is 1.66. The van der Waals surface area contributed by atoms with Crippen molar-refractivity contribution >= 4 is 6.01 Å². The normalized spacial score (nSPS) is 13.7. The summed E-state index contributed by atoms with van der Waals surface area (Å²) in [5, 5.41) is 18.8. The molecule has 0 aliphatic rings. The molecular weight excluding hydrogens is 253 g/mol. The summed E-state index contributed by atoms with van der Waals surface area (Å²) < 4.78 is 42.1. The highest BCUT2D eigenvalue weighted by molar-refractivity contribution is 5.24. The summed E-state index contributed by atoms with van der Waals surface area (Å²) in [6, 6.07) is -0.508. The van der Waals surface area contributed by atoms with Crippen molar-refractivity contribution in [3.05, 3.63) is 5.89 Å². The molecule has 0 saturated carbocycles. The highest BCUT2D eigenvalue weighted by atomic mass is 19.4. The van der Waals surface area contributed by atoms with Crippen LogP contribution in [0, 0.1) is 0 Å². The number of nitrogens with zero attached hydrogens (tertiary/aromatic N) is 3. The van der Waals surface area contributed by atoms with Crippen molar-refractivity contribution in [1.29, 1.82) is 0 Å². The molecule has 0 amide bonds. The Morgan fingerprint density at radius 1 is 1.44 bits per heavy atom. The van der Waals surface area contributed by atoms with Crippen LogP contribution in [0.5, 0.6) is 0 Å². The maximum absolute atomic E-state index is 12.3. The number of anilines is 1. The first-order valence-electron chi connectivity index (χ1n) is 5.30. The van der Waals surface area contributed by atoms with Crippen molar-refractivity contribution in [3.8, 4) is 0 Å². The molecule has 0 spiro atoms. The second kappa shape index (κ2) is 6.01. The lowest BCUT2D eigenvalue weighted by molar-refractivity contribution is -0.120. The molecule has 18 heavy (non-hydrogen) atoms. The van der Waals surface area contributed by atoms with Crippen LogP contribution >= 0.6 is 0 Å². The fraction of sp³-hybridized carbons (Fsp3) is 0.778. The minimum atomic E-state index is -4.40. The molecule has 0 bridgehead atoms. The summed E-state index contributed by atoms with van der Waals surface area (Å²) in [4.78, 5) is 0.791. The van der Waals surface area contributed by atoms with Gasteiger partial charge in [0.15, 0.2) is 0 Å². The van der Waals surface area contributed by atoms with E-state index in [1.54, 1.807) is 14.0 Å². The lowest BCUT2D eigenvalue weighted by atomic mass is 10.3. The van der Waals surface area contributed by atoms with Crippen LogP contribution in [0.2, 0.25) is 0 Å². The summed E-state index contributed by atoms with van der Waals surface area (Å²) in [5.41, 5.74) is 0. The van der Waals surface area contributed by atoms with Gasteiger partial charge in [-0.2, -0.15) is 13.2 Å². The molecule has 6 nitrogen and oxygen atoms in total. The molecule has 1 atom stereocenters. The predicted molar refractivity (Wildman–Crippen MR) is 57.1 cm³/mol. The number of aliphatic hydroxyl groups excluding tert-OH is 1. The largest absolute Gasteiger partial charge is 0.406 e. The molecule has 0 aromatic carbocycles. The molecule has 1 heterocycles. The number of hydrogen-bond donors (Lipinski definition) is 2. The maximum Gasteiger partial charge on any atom is 0.406 e. The first-order valence-corrected chi connectivity index (χ1v) is 5.30. The summed E-state index contributed by atoms with van der Waals surface area (Å²) in [6.45, 7) is -0.176. The van der Waals surface area contributed by atoms with Crippen molar-refractivity contribution < 1.29 is 22.7 Å². The molecule has 0 fully saturated rings. The van der Waals surface area contributed by atoms with E-state index in [9.17, 15) is 13.2 Å². The Morgan fingerprint density at radius 3 is 2.61 bits per heavy atom. The average Bonchev–Trinajstić information content (AvgIpc) is 2.75. The first kappa shape index (κ1) is 14.7. The van der Waals surface area contributed by atoms with E-state index in [2.05, 4.69) is 15.5 Å². The Hall–Kier alpha value is -1.35. The smallest absolute Gasteiger partial charge is 0.406 e. The van der Waals surface area contributed by atoms with Crippen molar-refractivity contribution in [3.63, 3.8) is 0 Å². The van der Waals surface area contributed by atoms with E-state index < -0.39 is 19.3 Å². The minimum Gasteiger partial charge on any atom is -0.406 e. The van der Waals surface area contributed by atoms with Gasteiger partial charge in [0, 0.05) is 6.54 Å². The fourth-order valence-corrected chi connectivity index (χ4v) is 1.23. The van der Waals surface area contributed by atoms with Crippen molar-refractivity contribution in [2.45, 2.75) is 19.1 Å². The van der Waals surface area contributed by atoms with E-state index in [1.807, 2.05) is 0 Å². The lowest BCUT2D eigenvalue weighted by Gasteiger charge is -2.20. The van der Waals surface area contributed by atoms with Crippen LogP contribution in [0.3, 0.4) is 0 Å². The van der Waals surface area contributed by atoms with Gasteiger partial charge in [-0.15, -0.1) is 5.10 Å². The second-order valence-electron chi connectivity index (χ2n) is 3.69. The van der Waals surface area contributed by atoms with E-state index >= 15 is 0 Å². The molecule has 2 N–H and O–H groups in total. The van der Waals surface area contributed by atoms with Crippen LogP contribution < -0.4 is 10.2 Å². The van der Waals surface area contributed by atoms with Gasteiger partial charge in [-0.05, 0) is 14.0 Å². The van der Waals surface area contributed by atoms with Gasteiger partial charge in [0.05, 0.1) is 12.6 Å². The molecule has 0 radical (unpaired) electrons. The third kappa shape index (κ3) is 4.15. The van der Waals surface area contributed by atoms with Gasteiger partial charge < -0.3 is 19.7 Å². The monoisotopic (exact) mass is 268 g/mol. The quantitative estimate of drug-likeness (QED) is 0.791.